The second-order valence-corrected chi connectivity index (χ2v) is 6.43. The first kappa shape index (κ1) is 10.7. The van der Waals surface area contributed by atoms with E-state index in [2.05, 4.69) is 0 Å². The molecule has 17 heavy (non-hydrogen) atoms. The van der Waals surface area contributed by atoms with Crippen LogP contribution < -0.4 is 0 Å². The summed E-state index contributed by atoms with van der Waals surface area (Å²) in [6, 6.07) is 3.92. The standard InChI is InChI=1S/C10H9NO5S/c12-11(13)7-1-2-9-8(3-7)10(4-16-5-10)6-17(9,14)15/h1-3H,4-6H2. The van der Waals surface area contributed by atoms with Crippen LogP contribution in [-0.4, -0.2) is 32.3 Å². The lowest BCUT2D eigenvalue weighted by Crippen LogP contribution is -2.48. The zero-order valence-electron chi connectivity index (χ0n) is 8.75. The molecule has 1 aromatic carbocycles. The van der Waals surface area contributed by atoms with Gasteiger partial charge < -0.3 is 4.74 Å². The van der Waals surface area contributed by atoms with E-state index in [0.29, 0.717) is 18.8 Å². The molecule has 1 saturated heterocycles. The number of ether oxygens (including phenoxy) is 1. The van der Waals surface area contributed by atoms with E-state index in [4.69, 9.17) is 4.74 Å². The normalized spacial score (nSPS) is 23.1. The van der Waals surface area contributed by atoms with Gasteiger partial charge in [-0.3, -0.25) is 10.1 Å². The van der Waals surface area contributed by atoms with Gasteiger partial charge in [-0.05, 0) is 11.6 Å². The summed E-state index contributed by atoms with van der Waals surface area (Å²) in [4.78, 5) is 10.4. The Morgan fingerprint density at radius 3 is 2.59 bits per heavy atom. The van der Waals surface area contributed by atoms with Gasteiger partial charge in [0.05, 0.1) is 34.2 Å². The van der Waals surface area contributed by atoms with Crippen molar-refractivity contribution in [1.82, 2.24) is 0 Å². The summed E-state index contributed by atoms with van der Waals surface area (Å²) in [5.74, 6) is -0.00347. The first-order valence-corrected chi connectivity index (χ1v) is 6.69. The van der Waals surface area contributed by atoms with E-state index in [9.17, 15) is 18.5 Å². The summed E-state index contributed by atoms with van der Waals surface area (Å²) in [6.07, 6.45) is 0. The van der Waals surface area contributed by atoms with Gasteiger partial charge >= 0.3 is 0 Å². The molecule has 0 aliphatic carbocycles. The molecule has 6 nitrogen and oxygen atoms in total. The largest absolute Gasteiger partial charge is 0.379 e. The average Bonchev–Trinajstić information content (AvgIpc) is 2.46. The fourth-order valence-corrected chi connectivity index (χ4v) is 4.51. The van der Waals surface area contributed by atoms with E-state index in [1.807, 2.05) is 0 Å². The number of hydrogen-bond acceptors (Lipinski definition) is 5. The quantitative estimate of drug-likeness (QED) is 0.543. The third kappa shape index (κ3) is 1.32. The highest BCUT2D eigenvalue weighted by atomic mass is 32.2. The van der Waals surface area contributed by atoms with Gasteiger partial charge in [0, 0.05) is 12.1 Å². The van der Waals surface area contributed by atoms with Gasteiger partial charge in [0.25, 0.3) is 5.69 Å². The van der Waals surface area contributed by atoms with Gasteiger partial charge in [-0.25, -0.2) is 8.42 Å². The van der Waals surface area contributed by atoms with E-state index in [1.165, 1.54) is 18.2 Å². The first-order chi connectivity index (χ1) is 7.95. The Balaban J connectivity index is 2.24. The Hall–Kier alpha value is -1.47. The summed E-state index contributed by atoms with van der Waals surface area (Å²) in [5.41, 5.74) is -0.0923. The highest BCUT2D eigenvalue weighted by Crippen LogP contribution is 2.45. The number of fused-ring (bicyclic) bond motifs is 2. The molecule has 1 spiro atoms. The van der Waals surface area contributed by atoms with Crippen LogP contribution in [0.4, 0.5) is 5.69 Å². The monoisotopic (exact) mass is 255 g/mol. The highest BCUT2D eigenvalue weighted by Gasteiger charge is 2.52. The van der Waals surface area contributed by atoms with E-state index in [-0.39, 0.29) is 16.3 Å². The van der Waals surface area contributed by atoms with Gasteiger partial charge in [-0.15, -0.1) is 0 Å². The van der Waals surface area contributed by atoms with Crippen molar-refractivity contribution in [2.45, 2.75) is 10.3 Å². The van der Waals surface area contributed by atoms with E-state index < -0.39 is 20.2 Å². The van der Waals surface area contributed by atoms with Crippen LogP contribution in [-0.2, 0) is 20.0 Å². The zero-order chi connectivity index (χ0) is 12.3. The molecular formula is C10H9NO5S. The maximum absolute atomic E-state index is 11.9. The fourth-order valence-electron chi connectivity index (χ4n) is 2.42. The van der Waals surface area contributed by atoms with Crippen molar-refractivity contribution in [3.8, 4) is 0 Å². The third-order valence-corrected chi connectivity index (χ3v) is 5.26. The summed E-state index contributed by atoms with van der Waals surface area (Å²) >= 11 is 0. The topological polar surface area (TPSA) is 86.5 Å². The fraction of sp³-hybridized carbons (Fsp3) is 0.400. The SMILES string of the molecule is O=[N+]([O-])c1ccc2c(c1)C1(COC1)CS2(=O)=O. The van der Waals surface area contributed by atoms with Gasteiger partial charge in [0.1, 0.15) is 0 Å². The van der Waals surface area contributed by atoms with E-state index in [0.717, 1.165) is 0 Å². The molecule has 3 rings (SSSR count). The molecular weight excluding hydrogens is 246 g/mol. The number of benzene rings is 1. The van der Waals surface area contributed by atoms with Gasteiger partial charge in [-0.1, -0.05) is 0 Å². The van der Waals surface area contributed by atoms with Crippen LogP contribution in [0.1, 0.15) is 5.56 Å². The van der Waals surface area contributed by atoms with E-state index in [1.54, 1.807) is 0 Å². The lowest BCUT2D eigenvalue weighted by atomic mass is 9.81. The summed E-state index contributed by atoms with van der Waals surface area (Å²) in [7, 11) is -3.32. The molecule has 90 valence electrons. The molecule has 2 aliphatic heterocycles. The molecule has 0 bridgehead atoms. The van der Waals surface area contributed by atoms with Crippen LogP contribution in [0.25, 0.3) is 0 Å². The Morgan fingerprint density at radius 2 is 2.06 bits per heavy atom. The van der Waals surface area contributed by atoms with Crippen LogP contribution in [0.3, 0.4) is 0 Å². The molecule has 0 amide bonds. The maximum Gasteiger partial charge on any atom is 0.269 e. The molecule has 1 aromatic rings. The summed E-state index contributed by atoms with van der Waals surface area (Å²) in [5, 5.41) is 10.7. The van der Waals surface area contributed by atoms with Crippen molar-refractivity contribution in [2.24, 2.45) is 0 Å². The molecule has 0 saturated carbocycles. The van der Waals surface area contributed by atoms with Crippen LogP contribution in [0.2, 0.25) is 0 Å². The van der Waals surface area contributed by atoms with Gasteiger partial charge in [0.2, 0.25) is 0 Å². The van der Waals surface area contributed by atoms with Gasteiger partial charge in [-0.2, -0.15) is 0 Å². The van der Waals surface area contributed by atoms with Crippen molar-refractivity contribution in [3.05, 3.63) is 33.9 Å². The number of non-ortho nitro benzene ring substituents is 1. The lowest BCUT2D eigenvalue weighted by molar-refractivity contribution is -0.385. The number of hydrogen-bond donors (Lipinski definition) is 0. The average molecular weight is 255 g/mol. The molecule has 1 fully saturated rings. The maximum atomic E-state index is 11.9. The van der Waals surface area contributed by atoms with Crippen LogP contribution in [0, 0.1) is 10.1 Å². The minimum absolute atomic E-state index is 0.00347. The number of nitro benzene ring substituents is 1. The molecule has 2 heterocycles. The second kappa shape index (κ2) is 3.05. The smallest absolute Gasteiger partial charge is 0.269 e. The van der Waals surface area contributed by atoms with E-state index >= 15 is 0 Å². The molecule has 2 aliphatic rings. The Morgan fingerprint density at radius 1 is 1.35 bits per heavy atom. The van der Waals surface area contributed by atoms with Crippen molar-refractivity contribution < 1.29 is 18.1 Å². The van der Waals surface area contributed by atoms with Crippen molar-refractivity contribution in [2.75, 3.05) is 19.0 Å². The minimum Gasteiger partial charge on any atom is -0.379 e. The number of nitrogens with zero attached hydrogens (tertiary/aromatic N) is 1. The lowest BCUT2D eigenvalue weighted by Gasteiger charge is -2.37. The number of sulfone groups is 1. The molecule has 7 heteroatoms. The van der Waals surface area contributed by atoms with Crippen LogP contribution >= 0.6 is 0 Å². The molecule has 0 unspecified atom stereocenters. The highest BCUT2D eigenvalue weighted by molar-refractivity contribution is 7.91. The summed E-state index contributed by atoms with van der Waals surface area (Å²) in [6.45, 7) is 0.640. The Kier molecular flexibility index (Phi) is 1.91. The molecule has 0 atom stereocenters. The molecule has 0 N–H and O–H groups in total. The van der Waals surface area contributed by atoms with Crippen LogP contribution in [0.15, 0.2) is 23.1 Å². The second-order valence-electron chi connectivity index (χ2n) is 4.47. The van der Waals surface area contributed by atoms with Crippen molar-refractivity contribution in [1.29, 1.82) is 0 Å². The third-order valence-electron chi connectivity index (χ3n) is 3.30. The predicted octanol–water partition coefficient (Wildman–Crippen LogP) is 0.650. The minimum atomic E-state index is -3.32. The summed E-state index contributed by atoms with van der Waals surface area (Å²) < 4.78 is 28.9. The number of nitro groups is 1. The molecule has 0 aromatic heterocycles. The number of rotatable bonds is 1. The Labute approximate surface area is 97.3 Å². The van der Waals surface area contributed by atoms with Crippen molar-refractivity contribution in [3.63, 3.8) is 0 Å². The van der Waals surface area contributed by atoms with Gasteiger partial charge in [0.15, 0.2) is 9.84 Å². The van der Waals surface area contributed by atoms with Crippen LogP contribution in [0.5, 0.6) is 0 Å². The predicted molar refractivity (Wildman–Crippen MR) is 57.6 cm³/mol. The Bertz CT molecular complexity index is 618. The first-order valence-electron chi connectivity index (χ1n) is 5.04. The molecule has 0 radical (unpaired) electrons. The zero-order valence-corrected chi connectivity index (χ0v) is 9.57. The van der Waals surface area contributed by atoms with Crippen molar-refractivity contribution >= 4 is 15.5 Å².